The van der Waals surface area contributed by atoms with Gasteiger partial charge in [0.2, 0.25) is 0 Å². The van der Waals surface area contributed by atoms with Gasteiger partial charge in [-0.1, -0.05) is 60.7 Å². The fourth-order valence-electron chi connectivity index (χ4n) is 2.82. The summed E-state index contributed by atoms with van der Waals surface area (Å²) in [6.07, 6.45) is -0.258. The zero-order valence-corrected chi connectivity index (χ0v) is 11.4. The summed E-state index contributed by atoms with van der Waals surface area (Å²) in [5.74, 6) is 0.154. The van der Waals surface area contributed by atoms with Gasteiger partial charge in [0, 0.05) is 13.0 Å². The van der Waals surface area contributed by atoms with Crippen LogP contribution in [0.15, 0.2) is 60.7 Å². The predicted octanol–water partition coefficient (Wildman–Crippen LogP) is 3.59. The fourth-order valence-corrected chi connectivity index (χ4v) is 2.82. The van der Waals surface area contributed by atoms with Crippen molar-refractivity contribution in [1.29, 1.82) is 0 Å². The molecule has 2 aromatic carbocycles. The zero-order chi connectivity index (χ0) is 13.9. The summed E-state index contributed by atoms with van der Waals surface area (Å²) in [6.45, 7) is 0.423. The largest absolute Gasteiger partial charge is 0.449 e. The van der Waals surface area contributed by atoms with Crippen molar-refractivity contribution >= 4 is 6.09 Å². The maximum absolute atomic E-state index is 11.9. The molecule has 20 heavy (non-hydrogen) atoms. The summed E-state index contributed by atoms with van der Waals surface area (Å²) in [7, 11) is 1.80. The molecule has 1 amide bonds. The average molecular weight is 267 g/mol. The fraction of sp³-hybridized carbons (Fsp3) is 0.235. The van der Waals surface area contributed by atoms with Crippen LogP contribution in [0.1, 0.15) is 23.1 Å². The highest BCUT2D eigenvalue weighted by atomic mass is 16.6. The van der Waals surface area contributed by atoms with Crippen LogP contribution in [0.2, 0.25) is 0 Å². The number of benzene rings is 2. The minimum atomic E-state index is -0.258. The number of amides is 1. The highest BCUT2D eigenvalue weighted by molar-refractivity contribution is 5.69. The lowest BCUT2D eigenvalue weighted by Crippen LogP contribution is -2.42. The molecule has 1 aliphatic heterocycles. The van der Waals surface area contributed by atoms with Crippen LogP contribution in [-0.4, -0.2) is 24.6 Å². The van der Waals surface area contributed by atoms with Crippen molar-refractivity contribution in [2.75, 3.05) is 13.7 Å². The van der Waals surface area contributed by atoms with Gasteiger partial charge in [-0.3, -0.25) is 0 Å². The number of nitrogens with zero attached hydrogens (tertiary/aromatic N) is 1. The Morgan fingerprint density at radius 3 is 2.10 bits per heavy atom. The number of cyclic esters (lactones) is 1. The molecule has 3 rings (SSSR count). The molecular formula is C17H17NO2. The van der Waals surface area contributed by atoms with Crippen LogP contribution in [0.25, 0.3) is 0 Å². The lowest BCUT2D eigenvalue weighted by atomic mass is 9.86. The Balaban J connectivity index is 2.01. The molecule has 3 heteroatoms. The van der Waals surface area contributed by atoms with Gasteiger partial charge in [0.15, 0.2) is 0 Å². The topological polar surface area (TPSA) is 29.5 Å². The number of carbonyl (C=O) groups is 1. The molecule has 0 spiro atoms. The van der Waals surface area contributed by atoms with Gasteiger partial charge in [0.1, 0.15) is 6.61 Å². The van der Waals surface area contributed by atoms with E-state index in [-0.39, 0.29) is 18.1 Å². The third kappa shape index (κ3) is 2.27. The summed E-state index contributed by atoms with van der Waals surface area (Å²) in [4.78, 5) is 13.5. The maximum Gasteiger partial charge on any atom is 0.410 e. The quantitative estimate of drug-likeness (QED) is 0.832. The van der Waals surface area contributed by atoms with E-state index in [4.69, 9.17) is 4.74 Å². The number of hydrogen-bond acceptors (Lipinski definition) is 2. The van der Waals surface area contributed by atoms with Crippen LogP contribution >= 0.6 is 0 Å². The molecule has 0 aliphatic carbocycles. The molecule has 1 saturated heterocycles. The van der Waals surface area contributed by atoms with Gasteiger partial charge < -0.3 is 9.64 Å². The molecule has 0 saturated carbocycles. The molecule has 1 fully saturated rings. The minimum absolute atomic E-state index is 0.0137. The first kappa shape index (κ1) is 12.7. The second kappa shape index (κ2) is 5.37. The van der Waals surface area contributed by atoms with Gasteiger partial charge in [0.05, 0.1) is 6.04 Å². The Morgan fingerprint density at radius 1 is 0.950 bits per heavy atom. The van der Waals surface area contributed by atoms with E-state index in [9.17, 15) is 4.79 Å². The molecule has 102 valence electrons. The summed E-state index contributed by atoms with van der Waals surface area (Å²) in [5.41, 5.74) is 2.33. The first-order valence-corrected chi connectivity index (χ1v) is 6.77. The van der Waals surface area contributed by atoms with Crippen LogP contribution in [0.4, 0.5) is 4.79 Å². The SMILES string of the molecule is CN1C(=O)OC[C@@H](c2ccccc2)[C@@H]1c1ccccc1. The number of ether oxygens (including phenoxy) is 1. The predicted molar refractivity (Wildman–Crippen MR) is 77.5 cm³/mol. The first-order valence-electron chi connectivity index (χ1n) is 6.77. The van der Waals surface area contributed by atoms with Crippen LogP contribution < -0.4 is 0 Å². The van der Waals surface area contributed by atoms with Crippen molar-refractivity contribution in [2.45, 2.75) is 12.0 Å². The minimum Gasteiger partial charge on any atom is -0.449 e. The average Bonchev–Trinajstić information content (AvgIpc) is 2.51. The van der Waals surface area contributed by atoms with E-state index < -0.39 is 0 Å². The Hall–Kier alpha value is -2.29. The van der Waals surface area contributed by atoms with Crippen molar-refractivity contribution < 1.29 is 9.53 Å². The standard InChI is InChI=1S/C17H17NO2/c1-18-16(14-10-6-3-7-11-14)15(12-20-17(18)19)13-8-4-2-5-9-13/h2-11,15-16H,12H2,1H3/t15-,16-/m0/s1. The summed E-state index contributed by atoms with van der Waals surface area (Å²) in [6, 6.07) is 20.4. The van der Waals surface area contributed by atoms with Gasteiger partial charge in [-0.2, -0.15) is 0 Å². The maximum atomic E-state index is 11.9. The third-order valence-corrected chi connectivity index (χ3v) is 3.84. The Bertz CT molecular complexity index is 582. The molecule has 1 aliphatic rings. The summed E-state index contributed by atoms with van der Waals surface area (Å²) < 4.78 is 5.30. The monoisotopic (exact) mass is 267 g/mol. The van der Waals surface area contributed by atoms with Crippen LogP contribution in [-0.2, 0) is 4.74 Å². The molecule has 0 N–H and O–H groups in total. The van der Waals surface area contributed by atoms with Crippen LogP contribution in [0.3, 0.4) is 0 Å². The second-order valence-corrected chi connectivity index (χ2v) is 5.06. The number of likely N-dealkylation sites (N-methyl/N-ethyl adjacent to an activating group) is 1. The Labute approximate surface area is 118 Å². The van der Waals surface area contributed by atoms with E-state index >= 15 is 0 Å². The van der Waals surface area contributed by atoms with Gasteiger partial charge >= 0.3 is 6.09 Å². The molecule has 2 aromatic rings. The highest BCUT2D eigenvalue weighted by Crippen LogP contribution is 2.38. The first-order chi connectivity index (χ1) is 9.77. The number of carbonyl (C=O) groups excluding carboxylic acids is 1. The molecule has 0 unspecified atom stereocenters. The van der Waals surface area contributed by atoms with Gasteiger partial charge in [-0.15, -0.1) is 0 Å². The van der Waals surface area contributed by atoms with E-state index in [1.54, 1.807) is 11.9 Å². The Kier molecular flexibility index (Phi) is 3.42. The molecule has 0 aromatic heterocycles. The summed E-state index contributed by atoms with van der Waals surface area (Å²) in [5, 5.41) is 0. The smallest absolute Gasteiger partial charge is 0.410 e. The molecule has 0 radical (unpaired) electrons. The van der Waals surface area contributed by atoms with Crippen molar-refractivity contribution in [3.8, 4) is 0 Å². The van der Waals surface area contributed by atoms with E-state index in [2.05, 4.69) is 24.3 Å². The molecule has 3 nitrogen and oxygen atoms in total. The van der Waals surface area contributed by atoms with Crippen molar-refractivity contribution in [3.63, 3.8) is 0 Å². The van der Waals surface area contributed by atoms with Crippen molar-refractivity contribution in [2.24, 2.45) is 0 Å². The van der Waals surface area contributed by atoms with Crippen molar-refractivity contribution in [1.82, 2.24) is 4.90 Å². The third-order valence-electron chi connectivity index (χ3n) is 3.84. The summed E-state index contributed by atoms with van der Waals surface area (Å²) >= 11 is 0. The van der Waals surface area contributed by atoms with E-state index in [0.717, 1.165) is 5.56 Å². The van der Waals surface area contributed by atoms with Crippen molar-refractivity contribution in [3.05, 3.63) is 71.8 Å². The van der Waals surface area contributed by atoms with E-state index in [1.165, 1.54) is 5.56 Å². The Morgan fingerprint density at radius 2 is 1.50 bits per heavy atom. The van der Waals surface area contributed by atoms with Gasteiger partial charge in [-0.25, -0.2) is 4.79 Å². The second-order valence-electron chi connectivity index (χ2n) is 5.06. The van der Waals surface area contributed by atoms with Gasteiger partial charge in [0.25, 0.3) is 0 Å². The zero-order valence-electron chi connectivity index (χ0n) is 11.4. The van der Waals surface area contributed by atoms with E-state index in [0.29, 0.717) is 6.61 Å². The molecular weight excluding hydrogens is 250 g/mol. The normalized spacial score (nSPS) is 22.4. The highest BCUT2D eigenvalue weighted by Gasteiger charge is 2.36. The molecule has 0 bridgehead atoms. The molecule has 1 heterocycles. The number of rotatable bonds is 2. The molecule has 2 atom stereocenters. The lowest BCUT2D eigenvalue weighted by Gasteiger charge is -2.39. The van der Waals surface area contributed by atoms with Crippen LogP contribution in [0, 0.1) is 0 Å². The van der Waals surface area contributed by atoms with Crippen LogP contribution in [0.5, 0.6) is 0 Å². The number of hydrogen-bond donors (Lipinski definition) is 0. The van der Waals surface area contributed by atoms with E-state index in [1.807, 2.05) is 36.4 Å². The lowest BCUT2D eigenvalue weighted by molar-refractivity contribution is 0.0414. The van der Waals surface area contributed by atoms with Gasteiger partial charge in [-0.05, 0) is 11.1 Å².